The largest absolute Gasteiger partial charge is 0.354 e. The molecule has 2 N–H and O–H groups in total. The summed E-state index contributed by atoms with van der Waals surface area (Å²) in [6, 6.07) is 17.5. The van der Waals surface area contributed by atoms with Crippen molar-refractivity contribution in [1.82, 2.24) is 4.98 Å². The highest BCUT2D eigenvalue weighted by Crippen LogP contribution is 2.20. The predicted octanol–water partition coefficient (Wildman–Crippen LogP) is 5.00. The molecule has 126 valence electrons. The quantitative estimate of drug-likeness (QED) is 0.707. The second-order valence-corrected chi connectivity index (χ2v) is 6.14. The molecule has 25 heavy (non-hydrogen) atoms. The number of aromatic nitrogens is 1. The van der Waals surface area contributed by atoms with Crippen LogP contribution in [0.1, 0.15) is 27.2 Å². The van der Waals surface area contributed by atoms with Gasteiger partial charge in [-0.1, -0.05) is 35.9 Å². The molecule has 1 amide bonds. The van der Waals surface area contributed by atoms with E-state index in [1.807, 2.05) is 69.3 Å². The molecule has 0 aliphatic rings. The minimum Gasteiger partial charge on any atom is -0.354 e. The van der Waals surface area contributed by atoms with E-state index in [1.54, 1.807) is 12.3 Å². The summed E-state index contributed by atoms with van der Waals surface area (Å²) in [5.74, 6) is -0.214. The Kier molecular flexibility index (Phi) is 4.80. The van der Waals surface area contributed by atoms with Gasteiger partial charge in [0.05, 0.1) is 11.9 Å². The van der Waals surface area contributed by atoms with Gasteiger partial charge in [-0.15, -0.1) is 0 Å². The smallest absolute Gasteiger partial charge is 0.274 e. The summed E-state index contributed by atoms with van der Waals surface area (Å²) >= 11 is 0. The Bertz CT molecular complexity index is 901. The number of nitrogens with zero attached hydrogens (tertiary/aromatic N) is 1. The first-order valence-corrected chi connectivity index (χ1v) is 8.20. The van der Waals surface area contributed by atoms with Crippen molar-refractivity contribution in [3.63, 3.8) is 0 Å². The molecule has 0 spiro atoms. The third-order valence-corrected chi connectivity index (χ3v) is 4.05. The summed E-state index contributed by atoms with van der Waals surface area (Å²) in [6.07, 6.45) is 1.67. The van der Waals surface area contributed by atoms with Gasteiger partial charge in [0.2, 0.25) is 0 Å². The zero-order valence-corrected chi connectivity index (χ0v) is 14.6. The topological polar surface area (TPSA) is 54.0 Å². The molecule has 0 unspecified atom stereocenters. The first-order chi connectivity index (χ1) is 12.0. The van der Waals surface area contributed by atoms with Crippen LogP contribution in [0.3, 0.4) is 0 Å². The van der Waals surface area contributed by atoms with Crippen LogP contribution in [-0.4, -0.2) is 10.9 Å². The third-order valence-electron chi connectivity index (χ3n) is 4.05. The van der Waals surface area contributed by atoms with E-state index in [4.69, 9.17) is 0 Å². The van der Waals surface area contributed by atoms with Crippen LogP contribution in [0, 0.1) is 20.8 Å². The molecule has 0 saturated carbocycles. The lowest BCUT2D eigenvalue weighted by atomic mass is 10.1. The maximum absolute atomic E-state index is 12.4. The van der Waals surface area contributed by atoms with Gasteiger partial charge < -0.3 is 10.6 Å². The summed E-state index contributed by atoms with van der Waals surface area (Å²) in [5.41, 5.74) is 6.41. The van der Waals surface area contributed by atoms with Crippen molar-refractivity contribution < 1.29 is 4.79 Å². The Morgan fingerprint density at radius 1 is 0.880 bits per heavy atom. The van der Waals surface area contributed by atoms with Gasteiger partial charge in [0.25, 0.3) is 5.91 Å². The molecule has 3 aromatic rings. The molecule has 0 fully saturated rings. The minimum atomic E-state index is -0.214. The number of hydrogen-bond donors (Lipinski definition) is 2. The zero-order valence-electron chi connectivity index (χ0n) is 14.6. The van der Waals surface area contributed by atoms with Crippen LogP contribution in [0.15, 0.2) is 60.8 Å². The first-order valence-electron chi connectivity index (χ1n) is 8.20. The van der Waals surface area contributed by atoms with Crippen molar-refractivity contribution in [2.45, 2.75) is 20.8 Å². The number of carbonyl (C=O) groups excluding carboxylic acids is 1. The van der Waals surface area contributed by atoms with Gasteiger partial charge in [-0.25, -0.2) is 4.98 Å². The van der Waals surface area contributed by atoms with Gasteiger partial charge in [0.15, 0.2) is 0 Å². The van der Waals surface area contributed by atoms with Crippen LogP contribution in [-0.2, 0) is 0 Å². The normalized spacial score (nSPS) is 10.4. The van der Waals surface area contributed by atoms with E-state index in [0.29, 0.717) is 5.69 Å². The van der Waals surface area contributed by atoms with E-state index in [0.717, 1.165) is 28.2 Å². The van der Waals surface area contributed by atoms with Gasteiger partial charge in [-0.05, 0) is 56.2 Å². The summed E-state index contributed by atoms with van der Waals surface area (Å²) in [5, 5.41) is 6.22. The molecule has 1 heterocycles. The summed E-state index contributed by atoms with van der Waals surface area (Å²) in [6.45, 7) is 6.05. The molecule has 0 aliphatic heterocycles. The van der Waals surface area contributed by atoms with E-state index in [1.165, 1.54) is 5.56 Å². The summed E-state index contributed by atoms with van der Waals surface area (Å²) in [7, 11) is 0. The fourth-order valence-electron chi connectivity index (χ4n) is 2.61. The number of pyridine rings is 1. The number of amides is 1. The Morgan fingerprint density at radius 2 is 1.68 bits per heavy atom. The van der Waals surface area contributed by atoms with Gasteiger partial charge >= 0.3 is 0 Å². The molecule has 0 saturated heterocycles. The molecule has 1 aromatic heterocycles. The number of hydrogen-bond acceptors (Lipinski definition) is 3. The van der Waals surface area contributed by atoms with Crippen molar-refractivity contribution in [3.8, 4) is 0 Å². The number of benzene rings is 2. The number of rotatable bonds is 4. The van der Waals surface area contributed by atoms with Crippen molar-refractivity contribution >= 4 is 23.0 Å². The van der Waals surface area contributed by atoms with E-state index >= 15 is 0 Å². The lowest BCUT2D eigenvalue weighted by Gasteiger charge is -2.11. The molecule has 0 atom stereocenters. The lowest BCUT2D eigenvalue weighted by molar-refractivity contribution is 0.102. The predicted molar refractivity (Wildman–Crippen MR) is 103 cm³/mol. The van der Waals surface area contributed by atoms with Crippen molar-refractivity contribution in [2.75, 3.05) is 10.6 Å². The molecule has 4 nitrogen and oxygen atoms in total. The van der Waals surface area contributed by atoms with E-state index in [2.05, 4.69) is 15.6 Å². The Balaban J connectivity index is 1.71. The molecule has 4 heteroatoms. The summed E-state index contributed by atoms with van der Waals surface area (Å²) < 4.78 is 0. The Morgan fingerprint density at radius 3 is 2.36 bits per heavy atom. The highest BCUT2D eigenvalue weighted by atomic mass is 16.1. The number of nitrogens with one attached hydrogen (secondary N) is 2. The molecular formula is C21H21N3O. The van der Waals surface area contributed by atoms with E-state index in [-0.39, 0.29) is 5.91 Å². The highest BCUT2D eigenvalue weighted by Gasteiger charge is 2.09. The first kappa shape index (κ1) is 16.7. The molecular weight excluding hydrogens is 310 g/mol. The second kappa shape index (κ2) is 7.18. The summed E-state index contributed by atoms with van der Waals surface area (Å²) in [4.78, 5) is 16.7. The maximum atomic E-state index is 12.4. The van der Waals surface area contributed by atoms with Gasteiger partial charge in [0.1, 0.15) is 5.69 Å². The fourth-order valence-corrected chi connectivity index (χ4v) is 2.61. The maximum Gasteiger partial charge on any atom is 0.274 e. The number of carbonyl (C=O) groups is 1. The number of aryl methyl sites for hydroxylation is 3. The molecule has 3 rings (SSSR count). The molecule has 2 aromatic carbocycles. The second-order valence-electron chi connectivity index (χ2n) is 6.14. The van der Waals surface area contributed by atoms with Crippen LogP contribution >= 0.6 is 0 Å². The molecule has 0 bridgehead atoms. The minimum absolute atomic E-state index is 0.214. The van der Waals surface area contributed by atoms with Crippen molar-refractivity contribution in [1.29, 1.82) is 0 Å². The van der Waals surface area contributed by atoms with Crippen LogP contribution in [0.5, 0.6) is 0 Å². The lowest BCUT2D eigenvalue weighted by Crippen LogP contribution is -2.14. The van der Waals surface area contributed by atoms with Gasteiger partial charge in [-0.3, -0.25) is 4.79 Å². The molecule has 0 radical (unpaired) electrons. The average Bonchev–Trinajstić information content (AvgIpc) is 2.60. The molecule has 0 aliphatic carbocycles. The number of para-hydroxylation sites is 1. The average molecular weight is 331 g/mol. The van der Waals surface area contributed by atoms with Crippen LogP contribution in [0.4, 0.5) is 17.1 Å². The third kappa shape index (κ3) is 4.04. The highest BCUT2D eigenvalue weighted by molar-refractivity contribution is 6.03. The van der Waals surface area contributed by atoms with Crippen LogP contribution in [0.25, 0.3) is 0 Å². The Hall–Kier alpha value is -3.14. The Labute approximate surface area is 147 Å². The van der Waals surface area contributed by atoms with Gasteiger partial charge in [0, 0.05) is 11.4 Å². The van der Waals surface area contributed by atoms with Gasteiger partial charge in [-0.2, -0.15) is 0 Å². The van der Waals surface area contributed by atoms with Crippen LogP contribution in [0.2, 0.25) is 0 Å². The van der Waals surface area contributed by atoms with Crippen molar-refractivity contribution in [2.24, 2.45) is 0 Å². The SMILES string of the molecule is Cc1ccc(NC(=O)c2ccc(Nc3ccccc3C)cn2)c(C)c1. The monoisotopic (exact) mass is 331 g/mol. The number of anilines is 3. The zero-order chi connectivity index (χ0) is 17.8. The van der Waals surface area contributed by atoms with Crippen molar-refractivity contribution in [3.05, 3.63) is 83.2 Å². The fraction of sp³-hybridized carbons (Fsp3) is 0.143. The van der Waals surface area contributed by atoms with E-state index in [9.17, 15) is 4.79 Å². The van der Waals surface area contributed by atoms with Crippen LogP contribution < -0.4 is 10.6 Å². The van der Waals surface area contributed by atoms with E-state index < -0.39 is 0 Å². The standard InChI is InChI=1S/C21H21N3O/c1-14-8-10-19(16(3)12-14)24-21(25)20-11-9-17(13-22-20)23-18-7-5-4-6-15(18)2/h4-13,23H,1-3H3,(H,24,25).